The van der Waals surface area contributed by atoms with E-state index < -0.39 is 16.6 Å². The summed E-state index contributed by atoms with van der Waals surface area (Å²) in [5.74, 6) is -1.85. The minimum Gasteiger partial charge on any atom is -0.378 e. The van der Waals surface area contributed by atoms with Crippen molar-refractivity contribution in [2.45, 2.75) is 19.4 Å². The average molecular weight is 292 g/mol. The van der Waals surface area contributed by atoms with E-state index in [1.54, 1.807) is 12.1 Å². The van der Waals surface area contributed by atoms with Crippen LogP contribution in [0.2, 0.25) is 0 Å². The molecule has 2 aromatic carbocycles. The van der Waals surface area contributed by atoms with Crippen LogP contribution in [0, 0.1) is 21.7 Å². The van der Waals surface area contributed by atoms with Gasteiger partial charge in [-0.15, -0.1) is 0 Å². The molecule has 0 saturated heterocycles. The Hall–Kier alpha value is -2.50. The van der Waals surface area contributed by atoms with Gasteiger partial charge < -0.3 is 5.32 Å². The van der Waals surface area contributed by atoms with Crippen LogP contribution in [0.5, 0.6) is 0 Å². The molecule has 0 aliphatic carbocycles. The van der Waals surface area contributed by atoms with Crippen LogP contribution in [0.25, 0.3) is 0 Å². The van der Waals surface area contributed by atoms with Crippen LogP contribution in [0.1, 0.15) is 24.9 Å². The Balaban J connectivity index is 2.25. The van der Waals surface area contributed by atoms with Crippen LogP contribution in [-0.2, 0) is 0 Å². The van der Waals surface area contributed by atoms with Crippen LogP contribution in [0.3, 0.4) is 0 Å². The lowest BCUT2D eigenvalue weighted by molar-refractivity contribution is -0.384. The van der Waals surface area contributed by atoms with Crippen LogP contribution in [0.15, 0.2) is 42.5 Å². The van der Waals surface area contributed by atoms with E-state index >= 15 is 0 Å². The SMILES string of the molecule is CCC(Nc1ccc(F)c(F)c1)c1cccc([N+](=O)[O-])c1. The molecule has 0 spiro atoms. The first-order valence-corrected chi connectivity index (χ1v) is 6.47. The predicted octanol–water partition coefficient (Wildman–Crippen LogP) is 4.44. The highest BCUT2D eigenvalue weighted by molar-refractivity contribution is 5.47. The Morgan fingerprint density at radius 1 is 1.19 bits per heavy atom. The van der Waals surface area contributed by atoms with Crippen LogP contribution >= 0.6 is 0 Å². The number of hydrogen-bond donors (Lipinski definition) is 1. The van der Waals surface area contributed by atoms with Crippen molar-refractivity contribution >= 4 is 11.4 Å². The molecule has 2 aromatic rings. The molecule has 2 rings (SSSR count). The van der Waals surface area contributed by atoms with E-state index in [0.29, 0.717) is 12.1 Å². The summed E-state index contributed by atoms with van der Waals surface area (Å²) in [4.78, 5) is 10.3. The zero-order valence-corrected chi connectivity index (χ0v) is 11.3. The number of nitro groups is 1. The lowest BCUT2D eigenvalue weighted by Crippen LogP contribution is -2.10. The van der Waals surface area contributed by atoms with E-state index in [4.69, 9.17) is 0 Å². The fraction of sp³-hybridized carbons (Fsp3) is 0.200. The first-order chi connectivity index (χ1) is 10.0. The van der Waals surface area contributed by atoms with Crippen molar-refractivity contribution in [2.24, 2.45) is 0 Å². The van der Waals surface area contributed by atoms with E-state index in [1.165, 1.54) is 18.2 Å². The third-order valence-corrected chi connectivity index (χ3v) is 3.15. The van der Waals surface area contributed by atoms with Gasteiger partial charge in [0.15, 0.2) is 11.6 Å². The van der Waals surface area contributed by atoms with Crippen LogP contribution < -0.4 is 5.32 Å². The van der Waals surface area contributed by atoms with Gasteiger partial charge in [0.2, 0.25) is 0 Å². The van der Waals surface area contributed by atoms with E-state index in [2.05, 4.69) is 5.32 Å². The van der Waals surface area contributed by atoms with Crippen molar-refractivity contribution in [2.75, 3.05) is 5.32 Å². The highest BCUT2D eigenvalue weighted by atomic mass is 19.2. The second-order valence-corrected chi connectivity index (χ2v) is 4.59. The molecule has 21 heavy (non-hydrogen) atoms. The first-order valence-electron chi connectivity index (χ1n) is 6.47. The van der Waals surface area contributed by atoms with Gasteiger partial charge in [0.1, 0.15) is 0 Å². The van der Waals surface area contributed by atoms with E-state index in [1.807, 2.05) is 6.92 Å². The van der Waals surface area contributed by atoms with Gasteiger partial charge >= 0.3 is 0 Å². The zero-order valence-electron chi connectivity index (χ0n) is 11.3. The topological polar surface area (TPSA) is 55.2 Å². The minimum absolute atomic E-state index is 0.00182. The Kier molecular flexibility index (Phi) is 4.47. The van der Waals surface area contributed by atoms with Crippen molar-refractivity contribution in [3.8, 4) is 0 Å². The molecule has 0 bridgehead atoms. The maximum absolute atomic E-state index is 13.2. The summed E-state index contributed by atoms with van der Waals surface area (Å²) >= 11 is 0. The Morgan fingerprint density at radius 3 is 2.57 bits per heavy atom. The number of nitrogens with zero attached hydrogens (tertiary/aromatic N) is 1. The number of hydrogen-bond acceptors (Lipinski definition) is 3. The maximum atomic E-state index is 13.2. The molecule has 4 nitrogen and oxygen atoms in total. The molecule has 6 heteroatoms. The molecule has 1 atom stereocenters. The van der Waals surface area contributed by atoms with E-state index in [-0.39, 0.29) is 11.7 Å². The largest absolute Gasteiger partial charge is 0.378 e. The van der Waals surface area contributed by atoms with Crippen molar-refractivity contribution in [3.63, 3.8) is 0 Å². The molecule has 0 amide bonds. The molecule has 0 aliphatic heterocycles. The van der Waals surface area contributed by atoms with E-state index in [0.717, 1.165) is 17.7 Å². The van der Waals surface area contributed by atoms with Crippen molar-refractivity contribution in [1.29, 1.82) is 0 Å². The third-order valence-electron chi connectivity index (χ3n) is 3.15. The zero-order chi connectivity index (χ0) is 15.4. The minimum atomic E-state index is -0.936. The number of benzene rings is 2. The molecule has 110 valence electrons. The molecule has 0 aliphatic rings. The molecular formula is C15H14F2N2O2. The van der Waals surface area contributed by atoms with Gasteiger partial charge in [-0.05, 0) is 24.1 Å². The average Bonchev–Trinajstić information content (AvgIpc) is 2.48. The van der Waals surface area contributed by atoms with Crippen LogP contribution in [0.4, 0.5) is 20.2 Å². The van der Waals surface area contributed by atoms with Gasteiger partial charge in [-0.2, -0.15) is 0 Å². The molecule has 0 radical (unpaired) electrons. The quantitative estimate of drug-likeness (QED) is 0.655. The number of non-ortho nitro benzene ring substituents is 1. The third kappa shape index (κ3) is 3.53. The normalized spacial score (nSPS) is 12.0. The highest BCUT2D eigenvalue weighted by Crippen LogP contribution is 2.26. The summed E-state index contributed by atoms with van der Waals surface area (Å²) < 4.78 is 26.1. The summed E-state index contributed by atoms with van der Waals surface area (Å²) in [7, 11) is 0. The molecular weight excluding hydrogens is 278 g/mol. The number of anilines is 1. The Morgan fingerprint density at radius 2 is 1.95 bits per heavy atom. The fourth-order valence-corrected chi connectivity index (χ4v) is 2.06. The summed E-state index contributed by atoms with van der Waals surface area (Å²) in [6, 6.07) is 9.55. The standard InChI is InChI=1S/C15H14F2N2O2/c1-2-15(10-4-3-5-12(8-10)19(20)21)18-11-6-7-13(16)14(17)9-11/h3-9,15,18H,2H2,1H3. The van der Waals surface area contributed by atoms with Crippen molar-refractivity contribution < 1.29 is 13.7 Å². The van der Waals surface area contributed by atoms with Gasteiger partial charge in [0, 0.05) is 23.9 Å². The van der Waals surface area contributed by atoms with Gasteiger partial charge in [0.05, 0.1) is 11.0 Å². The second kappa shape index (κ2) is 6.30. The van der Waals surface area contributed by atoms with Gasteiger partial charge in [-0.25, -0.2) is 8.78 Å². The Bertz CT molecular complexity index is 662. The van der Waals surface area contributed by atoms with Gasteiger partial charge in [0.25, 0.3) is 5.69 Å². The fourth-order valence-electron chi connectivity index (χ4n) is 2.06. The summed E-state index contributed by atoms with van der Waals surface area (Å²) in [6.45, 7) is 1.90. The van der Waals surface area contributed by atoms with Crippen molar-refractivity contribution in [1.82, 2.24) is 0 Å². The highest BCUT2D eigenvalue weighted by Gasteiger charge is 2.14. The molecule has 0 heterocycles. The monoisotopic (exact) mass is 292 g/mol. The molecule has 0 aromatic heterocycles. The lowest BCUT2D eigenvalue weighted by atomic mass is 10.0. The number of nitro benzene ring substituents is 1. The maximum Gasteiger partial charge on any atom is 0.269 e. The second-order valence-electron chi connectivity index (χ2n) is 4.59. The molecule has 0 saturated carbocycles. The summed E-state index contributed by atoms with van der Waals surface area (Å²) in [5, 5.41) is 13.8. The van der Waals surface area contributed by atoms with E-state index in [9.17, 15) is 18.9 Å². The molecule has 0 fully saturated rings. The van der Waals surface area contributed by atoms with Gasteiger partial charge in [-0.1, -0.05) is 19.1 Å². The molecule has 1 N–H and O–H groups in total. The predicted molar refractivity (Wildman–Crippen MR) is 76.1 cm³/mol. The summed E-state index contributed by atoms with van der Waals surface area (Å²) in [6.07, 6.45) is 0.639. The smallest absolute Gasteiger partial charge is 0.269 e. The lowest BCUT2D eigenvalue weighted by Gasteiger charge is -2.18. The first kappa shape index (κ1) is 14.9. The summed E-state index contributed by atoms with van der Waals surface area (Å²) in [5.41, 5.74) is 1.14. The number of halogens is 2. The van der Waals surface area contributed by atoms with Gasteiger partial charge in [-0.3, -0.25) is 10.1 Å². The molecule has 1 unspecified atom stereocenters. The van der Waals surface area contributed by atoms with Crippen molar-refractivity contribution in [3.05, 3.63) is 69.8 Å². The number of nitrogens with one attached hydrogen (secondary N) is 1. The number of rotatable bonds is 5. The Labute approximate surface area is 120 Å². The van der Waals surface area contributed by atoms with Crippen LogP contribution in [-0.4, -0.2) is 4.92 Å².